The van der Waals surface area contributed by atoms with E-state index < -0.39 is 97.0 Å². The second kappa shape index (κ2) is 15.8. The van der Waals surface area contributed by atoms with Crippen LogP contribution in [0.15, 0.2) is 22.0 Å². The van der Waals surface area contributed by atoms with Crippen molar-refractivity contribution in [3.8, 4) is 5.75 Å². The van der Waals surface area contributed by atoms with Crippen LogP contribution in [0.4, 0.5) is 0 Å². The first kappa shape index (κ1) is 40.5. The van der Waals surface area contributed by atoms with Crippen molar-refractivity contribution >= 4 is 23.5 Å². The summed E-state index contributed by atoms with van der Waals surface area (Å²) in [4.78, 5) is 68.1. The molecule has 2 aliphatic rings. The van der Waals surface area contributed by atoms with Gasteiger partial charge in [-0.2, -0.15) is 4.31 Å². The summed E-state index contributed by atoms with van der Waals surface area (Å²) in [6.45, 7) is 2.42. The van der Waals surface area contributed by atoms with Crippen molar-refractivity contribution in [3.05, 3.63) is 55.6 Å². The van der Waals surface area contributed by atoms with Gasteiger partial charge in [0, 0.05) is 42.0 Å². The van der Waals surface area contributed by atoms with Gasteiger partial charge in [-0.1, -0.05) is 0 Å². The highest BCUT2D eigenvalue weighted by Gasteiger charge is 2.48. The van der Waals surface area contributed by atoms with Crippen molar-refractivity contribution < 1.29 is 81.1 Å². The Morgan fingerprint density at radius 3 is 2.38 bits per heavy atom. The molecule has 2 aliphatic heterocycles. The predicted molar refractivity (Wildman–Crippen MR) is 163 cm³/mol. The Morgan fingerprint density at radius 2 is 1.72 bits per heavy atom. The zero-order valence-corrected chi connectivity index (χ0v) is 29.1. The number of rotatable bonds is 14. The van der Waals surface area contributed by atoms with Crippen molar-refractivity contribution in [1.29, 1.82) is 0 Å². The van der Waals surface area contributed by atoms with Crippen molar-refractivity contribution in [2.45, 2.75) is 89.4 Å². The molecule has 0 spiro atoms. The summed E-state index contributed by atoms with van der Waals surface area (Å²) >= 11 is 0. The SMILES string of the molecule is Cc1ncc(COP(=O)(O)O)c(CN[C@H]2[C@H](O)[C@@H](O)[C@@H](OP(=O)(O)OP(=O)(O)OC[C@H]3O[C@@H](n4cc(C)c(=O)[nH]c4=O)C[C@@H]3O)O[C@@H]2C)c1O. The van der Waals surface area contributed by atoms with Gasteiger partial charge in [-0.15, -0.1) is 0 Å². The van der Waals surface area contributed by atoms with Gasteiger partial charge < -0.3 is 54.8 Å². The van der Waals surface area contributed by atoms with Gasteiger partial charge in [0.25, 0.3) is 5.56 Å². The molecular formula is C24H37N4O19P3. The molecule has 10 atom stereocenters. The highest BCUT2D eigenvalue weighted by molar-refractivity contribution is 7.61. The van der Waals surface area contributed by atoms with E-state index in [9.17, 15) is 53.5 Å². The van der Waals surface area contributed by atoms with Crippen LogP contribution in [-0.2, 0) is 54.2 Å². The fraction of sp³-hybridized carbons (Fsp3) is 0.625. The Bertz CT molecular complexity index is 1800. The maximum absolute atomic E-state index is 12.6. The van der Waals surface area contributed by atoms with Gasteiger partial charge in [0.05, 0.1) is 37.2 Å². The van der Waals surface area contributed by atoms with Gasteiger partial charge in [-0.25, -0.2) is 18.5 Å². The maximum Gasteiger partial charge on any atom is 0.483 e. The fourth-order valence-electron chi connectivity index (χ4n) is 5.09. The molecule has 2 unspecified atom stereocenters. The summed E-state index contributed by atoms with van der Waals surface area (Å²) in [5, 5.41) is 45.0. The molecule has 26 heteroatoms. The van der Waals surface area contributed by atoms with Gasteiger partial charge in [-0.05, 0) is 20.8 Å². The average molecular weight is 778 g/mol. The third kappa shape index (κ3) is 10.2. The van der Waals surface area contributed by atoms with Gasteiger partial charge in [0.2, 0.25) is 0 Å². The molecule has 2 saturated heterocycles. The third-order valence-electron chi connectivity index (χ3n) is 7.69. The van der Waals surface area contributed by atoms with E-state index in [1.54, 1.807) is 0 Å². The van der Waals surface area contributed by atoms with E-state index in [0.717, 1.165) is 4.57 Å². The number of aromatic hydroxyl groups is 1. The lowest BCUT2D eigenvalue weighted by molar-refractivity contribution is -0.246. The molecule has 0 radical (unpaired) electrons. The molecule has 0 bridgehead atoms. The number of nitrogens with zero attached hydrogens (tertiary/aromatic N) is 2. The number of aromatic amines is 1. The number of hydrogen-bond donors (Lipinski definition) is 10. The van der Waals surface area contributed by atoms with Crippen molar-refractivity contribution in [1.82, 2.24) is 19.9 Å². The molecule has 10 N–H and O–H groups in total. The van der Waals surface area contributed by atoms with Crippen LogP contribution >= 0.6 is 23.5 Å². The zero-order valence-electron chi connectivity index (χ0n) is 26.4. The van der Waals surface area contributed by atoms with Crippen LogP contribution in [0.3, 0.4) is 0 Å². The second-order valence-electron chi connectivity index (χ2n) is 11.4. The first-order valence-electron chi connectivity index (χ1n) is 14.5. The Labute approximate surface area is 281 Å². The van der Waals surface area contributed by atoms with E-state index in [1.165, 1.54) is 33.2 Å². The van der Waals surface area contributed by atoms with E-state index >= 15 is 0 Å². The number of aliphatic hydroxyl groups is 3. The number of aromatic nitrogens is 3. The lowest BCUT2D eigenvalue weighted by Crippen LogP contribution is -2.61. The lowest BCUT2D eigenvalue weighted by atomic mass is 9.96. The number of phosphoric ester groups is 3. The van der Waals surface area contributed by atoms with E-state index in [1.807, 2.05) is 0 Å². The number of nitrogens with one attached hydrogen (secondary N) is 2. The van der Waals surface area contributed by atoms with Gasteiger partial charge in [-0.3, -0.25) is 32.9 Å². The molecule has 0 aliphatic carbocycles. The number of H-pyrrole nitrogens is 1. The molecule has 282 valence electrons. The normalized spacial score (nSPS) is 29.8. The van der Waals surface area contributed by atoms with Gasteiger partial charge in [0.15, 0.2) is 6.29 Å². The van der Waals surface area contributed by atoms with Crippen LogP contribution in [0.1, 0.15) is 42.0 Å². The minimum Gasteiger partial charge on any atom is -0.506 e. The van der Waals surface area contributed by atoms with Crippen LogP contribution in [0.25, 0.3) is 0 Å². The molecular weight excluding hydrogens is 741 g/mol. The van der Waals surface area contributed by atoms with Crippen LogP contribution in [0.5, 0.6) is 5.75 Å². The molecule has 0 saturated carbocycles. The fourth-order valence-corrected chi connectivity index (χ4v) is 7.55. The molecule has 0 aromatic carbocycles. The van der Waals surface area contributed by atoms with E-state index in [2.05, 4.69) is 24.1 Å². The Morgan fingerprint density at radius 1 is 1.04 bits per heavy atom. The molecule has 2 fully saturated rings. The Hall–Kier alpha value is -2.24. The van der Waals surface area contributed by atoms with E-state index in [4.69, 9.17) is 28.3 Å². The minimum absolute atomic E-state index is 0.0757. The van der Waals surface area contributed by atoms with Gasteiger partial charge in [0.1, 0.15) is 30.3 Å². The van der Waals surface area contributed by atoms with Crippen molar-refractivity contribution in [2.24, 2.45) is 0 Å². The van der Waals surface area contributed by atoms with Crippen LogP contribution < -0.4 is 16.6 Å². The Balaban J connectivity index is 1.33. The highest BCUT2D eigenvalue weighted by Crippen LogP contribution is 2.61. The minimum atomic E-state index is -5.60. The van der Waals surface area contributed by atoms with Crippen molar-refractivity contribution in [2.75, 3.05) is 6.61 Å². The maximum atomic E-state index is 12.6. The summed E-state index contributed by atoms with van der Waals surface area (Å²) in [7, 11) is -15.9. The van der Waals surface area contributed by atoms with E-state index in [-0.39, 0.29) is 41.1 Å². The quantitative estimate of drug-likeness (QED) is 0.0964. The smallest absolute Gasteiger partial charge is 0.483 e. The largest absolute Gasteiger partial charge is 0.506 e. The molecule has 0 amide bonds. The molecule has 2 aromatic rings. The summed E-state index contributed by atoms with van der Waals surface area (Å²) < 4.78 is 66.4. The summed E-state index contributed by atoms with van der Waals surface area (Å²) in [6, 6.07) is -1.16. The van der Waals surface area contributed by atoms with Crippen LogP contribution in [-0.4, -0.2) is 104 Å². The third-order valence-corrected chi connectivity index (χ3v) is 10.8. The van der Waals surface area contributed by atoms with E-state index in [0.29, 0.717) is 0 Å². The first-order valence-corrected chi connectivity index (χ1v) is 19.1. The highest BCUT2D eigenvalue weighted by atomic mass is 31.3. The summed E-state index contributed by atoms with van der Waals surface area (Å²) in [5.74, 6) is -0.355. The lowest BCUT2D eigenvalue weighted by Gasteiger charge is -2.41. The predicted octanol–water partition coefficient (Wildman–Crippen LogP) is -1.61. The van der Waals surface area contributed by atoms with Gasteiger partial charge >= 0.3 is 29.2 Å². The van der Waals surface area contributed by atoms with Crippen LogP contribution in [0, 0.1) is 13.8 Å². The summed E-state index contributed by atoms with van der Waals surface area (Å²) in [5.41, 5.74) is -0.999. The number of phosphoric acid groups is 3. The molecule has 4 heterocycles. The monoisotopic (exact) mass is 778 g/mol. The van der Waals surface area contributed by atoms with Crippen molar-refractivity contribution in [3.63, 3.8) is 0 Å². The molecule has 2 aromatic heterocycles. The number of ether oxygens (including phenoxy) is 2. The zero-order chi connectivity index (χ0) is 37.3. The number of pyridine rings is 1. The second-order valence-corrected chi connectivity index (χ2v) is 15.6. The topological polar surface area (TPSA) is 348 Å². The van der Waals surface area contributed by atoms with Crippen LogP contribution in [0.2, 0.25) is 0 Å². The first-order chi connectivity index (χ1) is 23.1. The average Bonchev–Trinajstić information content (AvgIpc) is 3.36. The molecule has 4 rings (SSSR count). The number of aliphatic hydroxyl groups excluding tert-OH is 3. The summed E-state index contributed by atoms with van der Waals surface area (Å²) in [6.07, 6.45) is -8.68. The number of aryl methyl sites for hydroxylation is 2. The Kier molecular flexibility index (Phi) is 12.8. The standard InChI is InChI=1S/C24H37N4O19P3/c1-10-7-28(24(34)27-22(10)33)17-4-15(29)16(45-17)9-43-49(38,39)47-50(40,41)46-23-21(32)20(31)18(12(3)44-23)26-6-14-13(8-42-48(35,36)37)5-25-11(2)19(14)30/h5,7,12,15-18,20-21,23,26,29-32H,4,6,8-9H2,1-3H3,(H,38,39)(H,40,41)(H,27,33,34)(H2,35,36,37)/t12-,15+,16-,17-,18-,20+,21-,23-/m1/s1. The molecule has 50 heavy (non-hydrogen) atoms. The molecule has 23 nitrogen and oxygen atoms in total. The number of hydrogen-bond acceptors (Lipinski definition) is 17.